The Kier molecular flexibility index (Phi) is 3.03. The summed E-state index contributed by atoms with van der Waals surface area (Å²) in [4.78, 5) is 11.1. The van der Waals surface area contributed by atoms with E-state index < -0.39 is 15.7 Å². The monoisotopic (exact) mass is 280 g/mol. The molecule has 2 aromatic rings. The number of benzene rings is 1. The molecule has 100 valence electrons. The van der Waals surface area contributed by atoms with Gasteiger partial charge >= 0.3 is 0 Å². The van der Waals surface area contributed by atoms with E-state index in [9.17, 15) is 13.2 Å². The molecule has 7 nitrogen and oxygen atoms in total. The molecule has 0 saturated heterocycles. The van der Waals surface area contributed by atoms with Gasteiger partial charge in [0.15, 0.2) is 9.84 Å². The van der Waals surface area contributed by atoms with Crippen LogP contribution in [0.25, 0.3) is 5.69 Å². The highest BCUT2D eigenvalue weighted by atomic mass is 32.2. The van der Waals surface area contributed by atoms with Crippen LogP contribution in [0.5, 0.6) is 0 Å². The molecule has 0 saturated carbocycles. The summed E-state index contributed by atoms with van der Waals surface area (Å²) < 4.78 is 24.1. The van der Waals surface area contributed by atoms with Crippen molar-refractivity contribution < 1.29 is 13.2 Å². The van der Waals surface area contributed by atoms with Crippen molar-refractivity contribution in [2.45, 2.75) is 4.90 Å². The molecule has 19 heavy (non-hydrogen) atoms. The first-order valence-electron chi connectivity index (χ1n) is 5.23. The third-order valence-electron chi connectivity index (χ3n) is 2.54. The first-order valence-corrected chi connectivity index (χ1v) is 7.12. The normalized spacial score (nSPS) is 11.4. The standard InChI is InChI=1S/C11H12N4O3S/c1-19(17,18)8-2-3-10(9(12)4-8)15-6-7(5-14-15)11(13)16/h2-6H,12H2,1H3,(H2,13,16). The number of hydrogen-bond acceptors (Lipinski definition) is 5. The van der Waals surface area contributed by atoms with Crippen LogP contribution >= 0.6 is 0 Å². The lowest BCUT2D eigenvalue weighted by molar-refractivity contribution is 0.100. The van der Waals surface area contributed by atoms with Crippen molar-refractivity contribution in [2.75, 3.05) is 12.0 Å². The van der Waals surface area contributed by atoms with Gasteiger partial charge < -0.3 is 11.5 Å². The van der Waals surface area contributed by atoms with Gasteiger partial charge in [0.1, 0.15) is 0 Å². The van der Waals surface area contributed by atoms with Gasteiger partial charge in [-0.3, -0.25) is 4.79 Å². The highest BCUT2D eigenvalue weighted by molar-refractivity contribution is 7.90. The van der Waals surface area contributed by atoms with Gasteiger partial charge in [0.05, 0.1) is 28.0 Å². The van der Waals surface area contributed by atoms with Crippen LogP contribution in [0.2, 0.25) is 0 Å². The number of aromatic nitrogens is 2. The van der Waals surface area contributed by atoms with Crippen LogP contribution in [0.4, 0.5) is 5.69 Å². The van der Waals surface area contributed by atoms with Gasteiger partial charge in [-0.25, -0.2) is 13.1 Å². The van der Waals surface area contributed by atoms with Gasteiger partial charge in [-0.15, -0.1) is 0 Å². The van der Waals surface area contributed by atoms with Crippen molar-refractivity contribution in [1.82, 2.24) is 9.78 Å². The second-order valence-electron chi connectivity index (χ2n) is 4.03. The van der Waals surface area contributed by atoms with Gasteiger partial charge in [0, 0.05) is 12.5 Å². The zero-order valence-corrected chi connectivity index (χ0v) is 10.9. The maximum absolute atomic E-state index is 11.4. The fourth-order valence-corrected chi connectivity index (χ4v) is 2.21. The summed E-state index contributed by atoms with van der Waals surface area (Å²) in [5.74, 6) is -0.599. The summed E-state index contributed by atoms with van der Waals surface area (Å²) in [5, 5.41) is 3.95. The molecule has 0 aliphatic rings. The number of rotatable bonds is 3. The lowest BCUT2D eigenvalue weighted by Crippen LogP contribution is -2.09. The zero-order chi connectivity index (χ0) is 14.2. The molecule has 1 aromatic carbocycles. The molecular formula is C11H12N4O3S. The summed E-state index contributed by atoms with van der Waals surface area (Å²) >= 11 is 0. The maximum atomic E-state index is 11.4. The molecule has 0 atom stereocenters. The Labute approximate surface area is 109 Å². The number of amides is 1. The third kappa shape index (κ3) is 2.58. The van der Waals surface area contributed by atoms with Crippen molar-refractivity contribution in [2.24, 2.45) is 5.73 Å². The summed E-state index contributed by atoms with van der Waals surface area (Å²) in [7, 11) is -3.32. The number of nitrogens with zero attached hydrogens (tertiary/aromatic N) is 2. The van der Waals surface area contributed by atoms with Gasteiger partial charge in [0.25, 0.3) is 5.91 Å². The van der Waals surface area contributed by atoms with Gasteiger partial charge in [-0.2, -0.15) is 5.10 Å². The minimum Gasteiger partial charge on any atom is -0.397 e. The predicted octanol–water partition coefficient (Wildman–Crippen LogP) is -0.0431. The number of hydrogen-bond donors (Lipinski definition) is 2. The Balaban J connectivity index is 2.49. The minimum absolute atomic E-state index is 0.121. The van der Waals surface area contributed by atoms with Crippen molar-refractivity contribution in [1.29, 1.82) is 0 Å². The van der Waals surface area contributed by atoms with E-state index in [2.05, 4.69) is 5.10 Å². The summed E-state index contributed by atoms with van der Waals surface area (Å²) in [6, 6.07) is 4.28. The smallest absolute Gasteiger partial charge is 0.251 e. The van der Waals surface area contributed by atoms with Crippen LogP contribution in [-0.2, 0) is 9.84 Å². The number of carbonyl (C=O) groups is 1. The number of carbonyl (C=O) groups excluding carboxylic acids is 1. The van der Waals surface area contributed by atoms with Crippen molar-refractivity contribution in [3.05, 3.63) is 36.2 Å². The largest absolute Gasteiger partial charge is 0.397 e. The van der Waals surface area contributed by atoms with Crippen LogP contribution in [0, 0.1) is 0 Å². The highest BCUT2D eigenvalue weighted by Crippen LogP contribution is 2.21. The Morgan fingerprint density at radius 1 is 1.37 bits per heavy atom. The molecule has 2 rings (SSSR count). The second-order valence-corrected chi connectivity index (χ2v) is 6.05. The van der Waals surface area contributed by atoms with Gasteiger partial charge in [-0.1, -0.05) is 0 Å². The predicted molar refractivity (Wildman–Crippen MR) is 69.6 cm³/mol. The molecule has 8 heteroatoms. The molecule has 0 aliphatic heterocycles. The second kappa shape index (κ2) is 4.39. The summed E-state index contributed by atoms with van der Waals surface area (Å²) in [6.07, 6.45) is 3.83. The third-order valence-corrected chi connectivity index (χ3v) is 3.65. The fraction of sp³-hybridized carbons (Fsp3) is 0.0909. The first-order chi connectivity index (χ1) is 8.79. The van der Waals surface area contributed by atoms with E-state index in [4.69, 9.17) is 11.5 Å². The van der Waals surface area contributed by atoms with Gasteiger partial charge in [0.2, 0.25) is 0 Å². The SMILES string of the molecule is CS(=O)(=O)c1ccc(-n2cc(C(N)=O)cn2)c(N)c1. The quantitative estimate of drug-likeness (QED) is 0.764. The van der Waals surface area contributed by atoms with Gasteiger partial charge in [-0.05, 0) is 18.2 Å². The van der Waals surface area contributed by atoms with Crippen LogP contribution in [0.3, 0.4) is 0 Å². The van der Waals surface area contributed by atoms with E-state index in [0.29, 0.717) is 5.69 Å². The maximum Gasteiger partial charge on any atom is 0.251 e. The van der Waals surface area contributed by atoms with Crippen LogP contribution in [0.1, 0.15) is 10.4 Å². The average Bonchev–Trinajstić information content (AvgIpc) is 2.76. The Morgan fingerprint density at radius 3 is 2.53 bits per heavy atom. The molecule has 0 spiro atoms. The number of sulfone groups is 1. The highest BCUT2D eigenvalue weighted by Gasteiger charge is 2.12. The molecule has 0 radical (unpaired) electrons. The van der Waals surface area contributed by atoms with Crippen molar-refractivity contribution >= 4 is 21.4 Å². The molecule has 1 aromatic heterocycles. The number of nitrogens with two attached hydrogens (primary N) is 2. The van der Waals surface area contributed by atoms with E-state index in [-0.39, 0.29) is 16.1 Å². The van der Waals surface area contributed by atoms with E-state index in [0.717, 1.165) is 6.26 Å². The van der Waals surface area contributed by atoms with E-state index >= 15 is 0 Å². The van der Waals surface area contributed by atoms with Crippen molar-refractivity contribution in [3.63, 3.8) is 0 Å². The molecule has 1 heterocycles. The van der Waals surface area contributed by atoms with Crippen LogP contribution in [0.15, 0.2) is 35.5 Å². The molecule has 0 fully saturated rings. The summed E-state index contributed by atoms with van der Waals surface area (Å²) in [5.41, 5.74) is 11.9. The number of primary amides is 1. The Bertz CT molecular complexity index is 749. The molecule has 0 bridgehead atoms. The molecule has 1 amide bonds. The lowest BCUT2D eigenvalue weighted by atomic mass is 10.2. The lowest BCUT2D eigenvalue weighted by Gasteiger charge is -2.07. The van der Waals surface area contributed by atoms with E-state index in [1.165, 1.54) is 35.3 Å². The zero-order valence-electron chi connectivity index (χ0n) is 10.1. The van der Waals surface area contributed by atoms with Crippen LogP contribution in [-0.4, -0.2) is 30.4 Å². The van der Waals surface area contributed by atoms with Crippen LogP contribution < -0.4 is 11.5 Å². The summed E-state index contributed by atoms with van der Waals surface area (Å²) in [6.45, 7) is 0. The molecular weight excluding hydrogens is 268 g/mol. The fourth-order valence-electron chi connectivity index (χ4n) is 1.55. The number of anilines is 1. The topological polar surface area (TPSA) is 121 Å². The van der Waals surface area contributed by atoms with E-state index in [1.54, 1.807) is 0 Å². The average molecular weight is 280 g/mol. The molecule has 0 aliphatic carbocycles. The number of nitrogen functional groups attached to an aromatic ring is 1. The first kappa shape index (κ1) is 13.1. The van der Waals surface area contributed by atoms with E-state index in [1.807, 2.05) is 0 Å². The molecule has 0 unspecified atom stereocenters. The minimum atomic E-state index is -3.32. The van der Waals surface area contributed by atoms with Crippen molar-refractivity contribution in [3.8, 4) is 5.69 Å². The Hall–Kier alpha value is -2.35. The molecule has 4 N–H and O–H groups in total. The Morgan fingerprint density at radius 2 is 2.05 bits per heavy atom.